The van der Waals surface area contributed by atoms with E-state index in [2.05, 4.69) is 16.0 Å². The van der Waals surface area contributed by atoms with E-state index in [9.17, 15) is 14.9 Å². The quantitative estimate of drug-likeness (QED) is 0.332. The van der Waals surface area contributed by atoms with Gasteiger partial charge in [0.15, 0.2) is 0 Å². The van der Waals surface area contributed by atoms with E-state index in [1.807, 2.05) is 43.3 Å². The maximum Gasteiger partial charge on any atom is 0.319 e. The fourth-order valence-electron chi connectivity index (χ4n) is 4.46. The summed E-state index contributed by atoms with van der Waals surface area (Å²) in [4.78, 5) is 34.2. The van der Waals surface area contributed by atoms with Gasteiger partial charge in [0.25, 0.3) is 5.69 Å². The number of fused-ring (bicyclic) bond motifs is 1. The molecule has 2 amide bonds. The Balaban J connectivity index is 1.26. The lowest BCUT2D eigenvalue weighted by Gasteiger charge is -2.29. The van der Waals surface area contributed by atoms with Gasteiger partial charge in [0.2, 0.25) is 5.95 Å². The number of nitro benzene ring substituents is 1. The summed E-state index contributed by atoms with van der Waals surface area (Å²) in [6, 6.07) is 12.4. The van der Waals surface area contributed by atoms with Gasteiger partial charge in [0.05, 0.1) is 10.4 Å². The van der Waals surface area contributed by atoms with Crippen molar-refractivity contribution in [2.24, 2.45) is 5.92 Å². The van der Waals surface area contributed by atoms with Gasteiger partial charge in [0.1, 0.15) is 5.82 Å². The first kappa shape index (κ1) is 24.2. The number of aryl methyl sites for hydroxylation is 1. The maximum atomic E-state index is 12.3. The van der Waals surface area contributed by atoms with Crippen LogP contribution in [-0.4, -0.2) is 47.6 Å². The van der Waals surface area contributed by atoms with Crippen molar-refractivity contribution in [1.29, 1.82) is 0 Å². The molecule has 1 fully saturated rings. The molecule has 0 unspecified atom stereocenters. The molecule has 1 heterocycles. The zero-order chi connectivity index (χ0) is 24.9. The Hall–Kier alpha value is -3.95. The third kappa shape index (κ3) is 5.95. The van der Waals surface area contributed by atoms with Crippen LogP contribution in [0.4, 0.5) is 27.9 Å². The Morgan fingerprint density at radius 3 is 2.54 bits per heavy atom. The molecule has 0 atom stereocenters. The Kier molecular flexibility index (Phi) is 7.28. The van der Waals surface area contributed by atoms with Gasteiger partial charge in [0, 0.05) is 49.9 Å². The molecule has 3 aromatic rings. The number of hydrogen-bond acceptors (Lipinski definition) is 7. The van der Waals surface area contributed by atoms with Gasteiger partial charge >= 0.3 is 6.03 Å². The van der Waals surface area contributed by atoms with Gasteiger partial charge in [-0.1, -0.05) is 12.1 Å². The lowest BCUT2D eigenvalue weighted by Crippen LogP contribution is -2.36. The molecular formula is C25H31N7O3. The molecule has 1 aromatic heterocycles. The number of para-hydroxylation sites is 1. The Morgan fingerprint density at radius 2 is 1.86 bits per heavy atom. The van der Waals surface area contributed by atoms with Gasteiger partial charge in [-0.05, 0) is 62.3 Å². The van der Waals surface area contributed by atoms with E-state index in [1.54, 1.807) is 13.0 Å². The summed E-state index contributed by atoms with van der Waals surface area (Å²) < 4.78 is 0. The number of nitro groups is 1. The largest absolute Gasteiger partial charge is 0.362 e. The molecule has 3 N–H and O–H groups in total. The van der Waals surface area contributed by atoms with E-state index < -0.39 is 4.92 Å². The number of aromatic nitrogens is 2. The average molecular weight is 478 g/mol. The SMILES string of the molecule is Cc1cc([N+](=O)[O-])ccc1NC(=O)NCC1CCC(Nc2nc(N(C)C)c3ccccc3n2)CC1. The Labute approximate surface area is 204 Å². The minimum Gasteiger partial charge on any atom is -0.362 e. The lowest BCUT2D eigenvalue weighted by molar-refractivity contribution is -0.384. The molecular weight excluding hydrogens is 446 g/mol. The van der Waals surface area contributed by atoms with E-state index in [0.29, 0.717) is 35.7 Å². The van der Waals surface area contributed by atoms with Crippen LogP contribution in [0.3, 0.4) is 0 Å². The summed E-state index contributed by atoms with van der Waals surface area (Å²) in [5.41, 5.74) is 2.13. The van der Waals surface area contributed by atoms with Crippen LogP contribution < -0.4 is 20.9 Å². The van der Waals surface area contributed by atoms with Gasteiger partial charge < -0.3 is 20.9 Å². The Bertz CT molecular complexity index is 1220. The van der Waals surface area contributed by atoms with Crippen LogP contribution in [0.5, 0.6) is 0 Å². The molecule has 4 rings (SSSR count). The number of anilines is 3. The van der Waals surface area contributed by atoms with Gasteiger partial charge in [-0.3, -0.25) is 10.1 Å². The van der Waals surface area contributed by atoms with Crippen LogP contribution >= 0.6 is 0 Å². The molecule has 0 bridgehead atoms. The van der Waals surface area contributed by atoms with Crippen molar-refractivity contribution in [3.05, 3.63) is 58.1 Å². The van der Waals surface area contributed by atoms with Crippen molar-refractivity contribution < 1.29 is 9.72 Å². The summed E-state index contributed by atoms with van der Waals surface area (Å²) in [6.45, 7) is 2.32. The number of urea groups is 1. The lowest BCUT2D eigenvalue weighted by atomic mass is 9.86. The number of nitrogens with one attached hydrogen (secondary N) is 3. The number of hydrogen-bond donors (Lipinski definition) is 3. The third-order valence-corrected chi connectivity index (χ3v) is 6.41. The van der Waals surface area contributed by atoms with Crippen LogP contribution in [0, 0.1) is 23.0 Å². The predicted octanol–water partition coefficient (Wildman–Crippen LogP) is 4.70. The molecule has 1 saturated carbocycles. The van der Waals surface area contributed by atoms with Crippen LogP contribution in [0.15, 0.2) is 42.5 Å². The number of carbonyl (C=O) groups excluding carboxylic acids is 1. The molecule has 35 heavy (non-hydrogen) atoms. The minimum absolute atomic E-state index is 0.00542. The van der Waals surface area contributed by atoms with Crippen molar-refractivity contribution in [2.75, 3.05) is 36.2 Å². The molecule has 1 aliphatic rings. The number of carbonyl (C=O) groups is 1. The second-order valence-electron chi connectivity index (χ2n) is 9.24. The second-order valence-corrected chi connectivity index (χ2v) is 9.24. The normalized spacial score (nSPS) is 17.6. The first-order chi connectivity index (χ1) is 16.8. The zero-order valence-corrected chi connectivity index (χ0v) is 20.2. The van der Waals surface area contributed by atoms with Crippen LogP contribution in [0.2, 0.25) is 0 Å². The van der Waals surface area contributed by atoms with Crippen LogP contribution in [0.1, 0.15) is 31.2 Å². The van der Waals surface area contributed by atoms with Crippen molar-refractivity contribution >= 4 is 40.1 Å². The predicted molar refractivity (Wildman–Crippen MR) is 138 cm³/mol. The standard InChI is InChI=1S/C25H31N7O3/c1-16-14-19(32(34)35)12-13-21(16)29-25(33)26-15-17-8-10-18(11-9-17)27-24-28-22-7-5-4-6-20(22)23(30-24)31(2)3/h4-7,12-14,17-18H,8-11,15H2,1-3H3,(H2,26,29,33)(H,27,28,30). The minimum atomic E-state index is -0.449. The van der Waals surface area contributed by atoms with Crippen LogP contribution in [0.25, 0.3) is 10.9 Å². The first-order valence-electron chi connectivity index (χ1n) is 11.8. The molecule has 2 aromatic carbocycles. The van der Waals surface area contributed by atoms with E-state index in [0.717, 1.165) is 42.4 Å². The number of nitrogens with zero attached hydrogens (tertiary/aromatic N) is 4. The average Bonchev–Trinajstić information content (AvgIpc) is 2.84. The van der Waals surface area contributed by atoms with Crippen molar-refractivity contribution in [2.45, 2.75) is 38.6 Å². The van der Waals surface area contributed by atoms with E-state index in [-0.39, 0.29) is 11.7 Å². The monoisotopic (exact) mass is 477 g/mol. The summed E-state index contributed by atoms with van der Waals surface area (Å²) in [5, 5.41) is 21.1. The number of benzene rings is 2. The summed E-state index contributed by atoms with van der Waals surface area (Å²) >= 11 is 0. The van der Waals surface area contributed by atoms with Crippen molar-refractivity contribution in [1.82, 2.24) is 15.3 Å². The van der Waals surface area contributed by atoms with Gasteiger partial charge in [-0.25, -0.2) is 9.78 Å². The highest BCUT2D eigenvalue weighted by Gasteiger charge is 2.23. The zero-order valence-electron chi connectivity index (χ0n) is 20.2. The van der Waals surface area contributed by atoms with Gasteiger partial charge in [-0.2, -0.15) is 4.98 Å². The van der Waals surface area contributed by atoms with E-state index in [4.69, 9.17) is 9.97 Å². The highest BCUT2D eigenvalue weighted by molar-refractivity contribution is 5.91. The Morgan fingerprint density at radius 1 is 1.11 bits per heavy atom. The second kappa shape index (κ2) is 10.5. The summed E-state index contributed by atoms with van der Waals surface area (Å²) in [5.74, 6) is 1.93. The molecule has 0 saturated heterocycles. The summed E-state index contributed by atoms with van der Waals surface area (Å²) in [7, 11) is 3.96. The third-order valence-electron chi connectivity index (χ3n) is 6.41. The maximum absolute atomic E-state index is 12.3. The molecule has 0 radical (unpaired) electrons. The van der Waals surface area contributed by atoms with Crippen LogP contribution in [-0.2, 0) is 0 Å². The van der Waals surface area contributed by atoms with Crippen molar-refractivity contribution in [3.8, 4) is 0 Å². The number of non-ortho nitro benzene ring substituents is 1. The molecule has 0 aliphatic heterocycles. The van der Waals surface area contributed by atoms with E-state index in [1.165, 1.54) is 12.1 Å². The highest BCUT2D eigenvalue weighted by Crippen LogP contribution is 2.28. The topological polar surface area (TPSA) is 125 Å². The van der Waals surface area contributed by atoms with Gasteiger partial charge in [-0.15, -0.1) is 0 Å². The molecule has 184 valence electrons. The molecule has 1 aliphatic carbocycles. The number of amides is 2. The fraction of sp³-hybridized carbons (Fsp3) is 0.400. The molecule has 10 heteroatoms. The first-order valence-corrected chi connectivity index (χ1v) is 11.8. The molecule has 10 nitrogen and oxygen atoms in total. The smallest absolute Gasteiger partial charge is 0.319 e. The fourth-order valence-corrected chi connectivity index (χ4v) is 4.46. The van der Waals surface area contributed by atoms with Crippen molar-refractivity contribution in [3.63, 3.8) is 0 Å². The molecule has 0 spiro atoms. The number of rotatable bonds is 7. The van der Waals surface area contributed by atoms with E-state index >= 15 is 0 Å². The highest BCUT2D eigenvalue weighted by atomic mass is 16.6. The summed E-state index contributed by atoms with van der Waals surface area (Å²) in [6.07, 6.45) is 3.93.